The standard InChI is InChI=1S/C27H30N2O6/c1-2-16-35-22-10-6-20(7-11-22)25(31)23-24(19-4-8-21(30)9-5-19)29(27(33)26(23)32)13-3-12-28-14-17-34-18-15-28/h2,4-11,24,30-31H,1,3,12-18H2/b25-23+. The molecule has 2 aliphatic heterocycles. The van der Waals surface area contributed by atoms with Crippen LogP contribution in [0.5, 0.6) is 11.5 Å². The number of phenolic OH excluding ortho intramolecular Hbond substituents is 1. The van der Waals surface area contributed by atoms with Gasteiger partial charge in [-0.2, -0.15) is 0 Å². The minimum atomic E-state index is -0.806. The largest absolute Gasteiger partial charge is 0.872 e. The Morgan fingerprint density at radius 2 is 1.83 bits per heavy atom. The molecule has 1 atom stereocenters. The number of ether oxygens (including phenoxy) is 2. The van der Waals surface area contributed by atoms with Crippen LogP contribution in [0.1, 0.15) is 23.6 Å². The van der Waals surface area contributed by atoms with Gasteiger partial charge in [0.1, 0.15) is 31.2 Å². The molecular formula is C27H30N2O6. The number of amides is 1. The van der Waals surface area contributed by atoms with Gasteiger partial charge in [-0.1, -0.05) is 42.7 Å². The molecule has 0 aliphatic carbocycles. The number of benzene rings is 2. The van der Waals surface area contributed by atoms with E-state index >= 15 is 0 Å². The number of carbonyl (C=O) groups excluding carboxylic acids is 2. The highest BCUT2D eigenvalue weighted by Crippen LogP contribution is 2.39. The minimum Gasteiger partial charge on any atom is -0.872 e. The highest BCUT2D eigenvalue weighted by atomic mass is 16.5. The molecule has 1 amide bonds. The summed E-state index contributed by atoms with van der Waals surface area (Å²) in [6.07, 6.45) is 2.31. The van der Waals surface area contributed by atoms with Gasteiger partial charge in [0, 0.05) is 18.5 Å². The zero-order valence-corrected chi connectivity index (χ0v) is 19.6. The molecule has 35 heavy (non-hydrogen) atoms. The molecule has 4 rings (SSSR count). The molecule has 0 radical (unpaired) electrons. The first kappa shape index (κ1) is 24.5. The van der Waals surface area contributed by atoms with Gasteiger partial charge in [0.2, 0.25) is 5.78 Å². The predicted octanol–water partition coefficient (Wildman–Crippen LogP) is 0.486. The summed E-state index contributed by atoms with van der Waals surface area (Å²) < 4.78 is 10.9. The number of quaternary nitrogens is 1. The first-order valence-electron chi connectivity index (χ1n) is 11.8. The van der Waals surface area contributed by atoms with Crippen molar-refractivity contribution < 1.29 is 34.2 Å². The topological polar surface area (TPSA) is 104 Å². The number of morpholine rings is 1. The Morgan fingerprint density at radius 3 is 2.49 bits per heavy atom. The average molecular weight is 479 g/mol. The lowest BCUT2D eigenvalue weighted by Crippen LogP contribution is -3.14. The maximum atomic E-state index is 13.5. The normalized spacial score (nSPS) is 20.2. The number of nitrogens with zero attached hydrogens (tertiary/aromatic N) is 1. The highest BCUT2D eigenvalue weighted by Gasteiger charge is 2.44. The van der Waals surface area contributed by atoms with E-state index in [2.05, 4.69) is 6.58 Å². The van der Waals surface area contributed by atoms with Crippen molar-refractivity contribution >= 4 is 17.4 Å². The van der Waals surface area contributed by atoms with Gasteiger partial charge in [-0.25, -0.2) is 0 Å². The molecule has 2 saturated heterocycles. The van der Waals surface area contributed by atoms with E-state index in [1.807, 2.05) is 0 Å². The first-order valence-corrected chi connectivity index (χ1v) is 11.8. The third-order valence-corrected chi connectivity index (χ3v) is 6.35. The summed E-state index contributed by atoms with van der Waals surface area (Å²) in [6.45, 7) is 8.41. The van der Waals surface area contributed by atoms with Crippen LogP contribution in [0.2, 0.25) is 0 Å². The Morgan fingerprint density at radius 1 is 1.14 bits per heavy atom. The summed E-state index contributed by atoms with van der Waals surface area (Å²) in [5.74, 6) is -1.30. The molecule has 2 fully saturated rings. The highest BCUT2D eigenvalue weighted by molar-refractivity contribution is 6.46. The molecule has 1 unspecified atom stereocenters. The molecule has 2 aromatic carbocycles. The molecule has 2 aromatic rings. The number of likely N-dealkylation sites (tertiary alicyclic amines) is 1. The molecule has 2 N–H and O–H groups in total. The summed E-state index contributed by atoms with van der Waals surface area (Å²) in [5, 5.41) is 23.2. The zero-order valence-electron chi connectivity index (χ0n) is 19.6. The van der Waals surface area contributed by atoms with Crippen molar-refractivity contribution in [2.75, 3.05) is 46.0 Å². The van der Waals surface area contributed by atoms with Crippen LogP contribution in [0.3, 0.4) is 0 Å². The van der Waals surface area contributed by atoms with Gasteiger partial charge in [-0.3, -0.25) is 9.59 Å². The van der Waals surface area contributed by atoms with E-state index in [1.54, 1.807) is 42.5 Å². The van der Waals surface area contributed by atoms with Crippen molar-refractivity contribution in [3.8, 4) is 11.5 Å². The van der Waals surface area contributed by atoms with E-state index in [0.29, 0.717) is 36.4 Å². The van der Waals surface area contributed by atoms with Gasteiger partial charge in [0.15, 0.2) is 0 Å². The Bertz CT molecular complexity index is 1090. The lowest BCUT2D eigenvalue weighted by molar-refractivity contribution is -0.908. The van der Waals surface area contributed by atoms with E-state index in [-0.39, 0.29) is 11.3 Å². The number of rotatable bonds is 9. The van der Waals surface area contributed by atoms with Crippen molar-refractivity contribution in [1.29, 1.82) is 0 Å². The van der Waals surface area contributed by atoms with Crippen LogP contribution < -0.4 is 14.7 Å². The van der Waals surface area contributed by atoms with Crippen molar-refractivity contribution in [3.05, 3.63) is 77.9 Å². The number of nitrogens with one attached hydrogen (secondary N) is 1. The maximum absolute atomic E-state index is 13.5. The summed E-state index contributed by atoms with van der Waals surface area (Å²) in [7, 11) is 0. The number of hydrogen-bond acceptors (Lipinski definition) is 6. The molecule has 8 nitrogen and oxygen atoms in total. The van der Waals surface area contributed by atoms with Crippen LogP contribution in [0.4, 0.5) is 0 Å². The average Bonchev–Trinajstić information content (AvgIpc) is 3.13. The van der Waals surface area contributed by atoms with Gasteiger partial charge in [0.25, 0.3) is 5.91 Å². The van der Waals surface area contributed by atoms with E-state index in [0.717, 1.165) is 32.8 Å². The van der Waals surface area contributed by atoms with Gasteiger partial charge in [-0.05, 0) is 35.4 Å². The van der Waals surface area contributed by atoms with Crippen molar-refractivity contribution in [1.82, 2.24) is 4.90 Å². The molecule has 8 heteroatoms. The van der Waals surface area contributed by atoms with Crippen molar-refractivity contribution in [3.63, 3.8) is 0 Å². The van der Waals surface area contributed by atoms with Crippen molar-refractivity contribution in [2.24, 2.45) is 0 Å². The van der Waals surface area contributed by atoms with E-state index < -0.39 is 23.5 Å². The minimum absolute atomic E-state index is 0.0647. The second-order valence-electron chi connectivity index (χ2n) is 8.65. The number of phenols is 1. The van der Waals surface area contributed by atoms with Crippen LogP contribution in [-0.2, 0) is 14.3 Å². The van der Waals surface area contributed by atoms with Crippen LogP contribution >= 0.6 is 0 Å². The first-order chi connectivity index (χ1) is 17.0. The Balaban J connectivity index is 1.63. The van der Waals surface area contributed by atoms with Crippen LogP contribution in [-0.4, -0.2) is 67.7 Å². The van der Waals surface area contributed by atoms with Gasteiger partial charge in [-0.15, -0.1) is 0 Å². The molecule has 2 heterocycles. The fourth-order valence-corrected chi connectivity index (χ4v) is 4.53. The monoisotopic (exact) mass is 478 g/mol. The summed E-state index contributed by atoms with van der Waals surface area (Å²) >= 11 is 0. The van der Waals surface area contributed by atoms with Crippen LogP contribution in [0.15, 0.2) is 66.8 Å². The third-order valence-electron chi connectivity index (χ3n) is 6.35. The predicted molar refractivity (Wildman–Crippen MR) is 128 cm³/mol. The lowest BCUT2D eigenvalue weighted by atomic mass is 9.95. The number of Topliss-reactive ketones (excluding diaryl/α,β-unsaturated/α-hetero) is 1. The van der Waals surface area contributed by atoms with E-state index in [1.165, 1.54) is 21.9 Å². The Hall–Kier alpha value is -3.62. The fraction of sp³-hybridized carbons (Fsp3) is 0.333. The molecule has 2 aliphatic rings. The number of aromatic hydroxyl groups is 1. The lowest BCUT2D eigenvalue weighted by Gasteiger charge is -2.29. The summed E-state index contributed by atoms with van der Waals surface area (Å²) in [5.41, 5.74) is 0.838. The second-order valence-corrected chi connectivity index (χ2v) is 8.65. The van der Waals surface area contributed by atoms with Crippen LogP contribution in [0, 0.1) is 0 Å². The van der Waals surface area contributed by atoms with E-state index in [9.17, 15) is 19.8 Å². The summed E-state index contributed by atoms with van der Waals surface area (Å²) in [4.78, 5) is 29.0. The van der Waals surface area contributed by atoms with Crippen molar-refractivity contribution in [2.45, 2.75) is 12.5 Å². The second kappa shape index (κ2) is 11.2. The molecular weight excluding hydrogens is 448 g/mol. The third kappa shape index (κ3) is 5.55. The SMILES string of the molecule is C=CCOc1ccc(/C([O-])=C2\C(=O)C(=O)N(CCC[NH+]3CCOCC3)C2c2ccc(O)cc2)cc1. The Labute approximate surface area is 204 Å². The molecule has 0 spiro atoms. The Kier molecular flexibility index (Phi) is 7.84. The van der Waals surface area contributed by atoms with Gasteiger partial charge >= 0.3 is 0 Å². The van der Waals surface area contributed by atoms with Crippen LogP contribution in [0.25, 0.3) is 5.76 Å². The van der Waals surface area contributed by atoms with E-state index in [4.69, 9.17) is 9.47 Å². The maximum Gasteiger partial charge on any atom is 0.295 e. The molecule has 0 bridgehead atoms. The summed E-state index contributed by atoms with van der Waals surface area (Å²) in [6, 6.07) is 11.9. The smallest absolute Gasteiger partial charge is 0.295 e. The van der Waals surface area contributed by atoms with Gasteiger partial charge in [0.05, 0.1) is 25.8 Å². The molecule has 0 saturated carbocycles. The number of carbonyl (C=O) groups is 2. The zero-order chi connectivity index (χ0) is 24.8. The fourth-order valence-electron chi connectivity index (χ4n) is 4.53. The number of ketones is 1. The quantitative estimate of drug-likeness (QED) is 0.235. The van der Waals surface area contributed by atoms with Gasteiger partial charge < -0.3 is 29.5 Å². The molecule has 0 aromatic heterocycles. The number of hydrogen-bond donors (Lipinski definition) is 2. The molecule has 184 valence electrons.